The van der Waals surface area contributed by atoms with Crippen LogP contribution in [0.5, 0.6) is 5.75 Å². The van der Waals surface area contributed by atoms with E-state index in [4.69, 9.17) is 9.15 Å². The highest BCUT2D eigenvalue weighted by Gasteiger charge is 2.28. The first-order chi connectivity index (χ1) is 13.5. The van der Waals surface area contributed by atoms with Crippen LogP contribution in [0.15, 0.2) is 47.3 Å². The van der Waals surface area contributed by atoms with Gasteiger partial charge in [-0.05, 0) is 42.5 Å². The number of carbonyl (C=O) groups is 2. The largest absolute Gasteiger partial charge is 0.493 e. The van der Waals surface area contributed by atoms with Gasteiger partial charge in [0.25, 0.3) is 5.91 Å². The Morgan fingerprint density at radius 1 is 1.25 bits per heavy atom. The van der Waals surface area contributed by atoms with E-state index in [1.54, 1.807) is 11.0 Å². The average molecular weight is 384 g/mol. The van der Waals surface area contributed by atoms with E-state index in [0.29, 0.717) is 50.6 Å². The predicted octanol–water partition coefficient (Wildman–Crippen LogP) is 3.48. The van der Waals surface area contributed by atoms with E-state index in [1.165, 1.54) is 12.5 Å². The van der Waals surface area contributed by atoms with Crippen LogP contribution in [-0.4, -0.2) is 36.4 Å². The molecule has 2 heterocycles. The second-order valence-corrected chi connectivity index (χ2v) is 7.65. The number of ether oxygens (including phenoxy) is 1. The van der Waals surface area contributed by atoms with Gasteiger partial charge >= 0.3 is 0 Å². The molecule has 6 heteroatoms. The summed E-state index contributed by atoms with van der Waals surface area (Å²) in [6.07, 6.45) is 4.30. The zero-order valence-corrected chi connectivity index (χ0v) is 16.5. The van der Waals surface area contributed by atoms with Crippen molar-refractivity contribution in [1.29, 1.82) is 0 Å². The maximum atomic E-state index is 12.5. The summed E-state index contributed by atoms with van der Waals surface area (Å²) in [6.45, 7) is 6.54. The van der Waals surface area contributed by atoms with Crippen molar-refractivity contribution in [2.24, 2.45) is 11.8 Å². The molecular formula is C22H28N2O4. The van der Waals surface area contributed by atoms with Crippen LogP contribution in [0.3, 0.4) is 0 Å². The van der Waals surface area contributed by atoms with Crippen molar-refractivity contribution in [2.75, 3.05) is 19.7 Å². The van der Waals surface area contributed by atoms with Gasteiger partial charge in [-0.3, -0.25) is 9.59 Å². The predicted molar refractivity (Wildman–Crippen MR) is 106 cm³/mol. The van der Waals surface area contributed by atoms with Crippen molar-refractivity contribution in [3.63, 3.8) is 0 Å². The van der Waals surface area contributed by atoms with Gasteiger partial charge in [0.05, 0.1) is 18.4 Å². The molecule has 0 bridgehead atoms. The molecule has 1 N–H and O–H groups in total. The zero-order valence-electron chi connectivity index (χ0n) is 16.5. The highest BCUT2D eigenvalue weighted by molar-refractivity contribution is 5.94. The van der Waals surface area contributed by atoms with Gasteiger partial charge in [0.15, 0.2) is 0 Å². The Morgan fingerprint density at radius 3 is 2.71 bits per heavy atom. The highest BCUT2D eigenvalue weighted by Crippen LogP contribution is 2.20. The fraction of sp³-hybridized carbons (Fsp3) is 0.455. The van der Waals surface area contributed by atoms with E-state index in [2.05, 4.69) is 19.2 Å². The van der Waals surface area contributed by atoms with Crippen molar-refractivity contribution >= 4 is 11.8 Å². The Hall–Kier alpha value is -2.76. The van der Waals surface area contributed by atoms with Crippen molar-refractivity contribution in [3.05, 3.63) is 54.0 Å². The first-order valence-corrected chi connectivity index (χ1v) is 9.84. The number of piperidine rings is 1. The van der Waals surface area contributed by atoms with Crippen LogP contribution >= 0.6 is 0 Å². The lowest BCUT2D eigenvalue weighted by Crippen LogP contribution is -2.42. The van der Waals surface area contributed by atoms with Gasteiger partial charge in [0.1, 0.15) is 12.0 Å². The Bertz CT molecular complexity index is 778. The van der Waals surface area contributed by atoms with Crippen LogP contribution in [0.4, 0.5) is 0 Å². The lowest BCUT2D eigenvalue weighted by atomic mass is 9.95. The molecule has 1 aliphatic rings. The molecular weight excluding hydrogens is 356 g/mol. The molecule has 3 rings (SSSR count). The van der Waals surface area contributed by atoms with Gasteiger partial charge in [0.2, 0.25) is 5.91 Å². The molecule has 150 valence electrons. The molecule has 6 nitrogen and oxygen atoms in total. The van der Waals surface area contributed by atoms with Gasteiger partial charge in [0, 0.05) is 25.6 Å². The number of amides is 2. The van der Waals surface area contributed by atoms with Crippen LogP contribution < -0.4 is 10.1 Å². The van der Waals surface area contributed by atoms with Gasteiger partial charge in [-0.2, -0.15) is 0 Å². The van der Waals surface area contributed by atoms with Crippen LogP contribution in [-0.2, 0) is 11.3 Å². The lowest BCUT2D eigenvalue weighted by molar-refractivity contribution is -0.126. The third kappa shape index (κ3) is 5.38. The summed E-state index contributed by atoms with van der Waals surface area (Å²) in [5.74, 6) is 1.24. The number of furan rings is 1. The highest BCUT2D eigenvalue weighted by atomic mass is 16.5. The Morgan fingerprint density at radius 2 is 2.04 bits per heavy atom. The summed E-state index contributed by atoms with van der Waals surface area (Å²) in [4.78, 5) is 26.6. The molecule has 2 aromatic rings. The maximum absolute atomic E-state index is 12.5. The van der Waals surface area contributed by atoms with Crippen LogP contribution in [0.25, 0.3) is 0 Å². The molecule has 0 atom stereocenters. The van der Waals surface area contributed by atoms with Gasteiger partial charge < -0.3 is 19.4 Å². The van der Waals surface area contributed by atoms with Crippen molar-refractivity contribution in [1.82, 2.24) is 10.2 Å². The first kappa shape index (κ1) is 20.0. The number of likely N-dealkylation sites (tertiary alicyclic amines) is 1. The smallest absolute Gasteiger partial charge is 0.257 e. The third-order valence-electron chi connectivity index (χ3n) is 4.87. The molecule has 0 spiro atoms. The van der Waals surface area contributed by atoms with Crippen molar-refractivity contribution in [3.8, 4) is 5.75 Å². The monoisotopic (exact) mass is 384 g/mol. The SMILES string of the molecule is CC(C)COc1cccc(CNC(=O)C2CCN(C(=O)c3ccoc3)CC2)c1. The van der Waals surface area contributed by atoms with Crippen LogP contribution in [0.2, 0.25) is 0 Å². The third-order valence-corrected chi connectivity index (χ3v) is 4.87. The van der Waals surface area contributed by atoms with Crippen molar-refractivity contribution < 1.29 is 18.7 Å². The molecule has 1 aliphatic heterocycles. The summed E-state index contributed by atoms with van der Waals surface area (Å²) >= 11 is 0. The molecule has 1 aromatic carbocycles. The van der Waals surface area contributed by atoms with E-state index in [0.717, 1.165) is 11.3 Å². The second-order valence-electron chi connectivity index (χ2n) is 7.65. The fourth-order valence-corrected chi connectivity index (χ4v) is 3.26. The number of hydrogen-bond acceptors (Lipinski definition) is 4. The number of nitrogens with zero attached hydrogens (tertiary/aromatic N) is 1. The van der Waals surface area contributed by atoms with Gasteiger partial charge in [-0.15, -0.1) is 0 Å². The van der Waals surface area contributed by atoms with Crippen LogP contribution in [0.1, 0.15) is 42.6 Å². The van der Waals surface area contributed by atoms with E-state index in [1.807, 2.05) is 24.3 Å². The number of carbonyl (C=O) groups excluding carboxylic acids is 2. The molecule has 28 heavy (non-hydrogen) atoms. The van der Waals surface area contributed by atoms with Crippen LogP contribution in [0, 0.1) is 11.8 Å². The molecule has 0 radical (unpaired) electrons. The summed E-state index contributed by atoms with van der Waals surface area (Å²) in [5, 5.41) is 3.02. The normalized spacial score (nSPS) is 14.9. The molecule has 1 fully saturated rings. The Labute approximate surface area is 165 Å². The summed E-state index contributed by atoms with van der Waals surface area (Å²) in [7, 11) is 0. The first-order valence-electron chi connectivity index (χ1n) is 9.84. The van der Waals surface area contributed by atoms with E-state index >= 15 is 0 Å². The van der Waals surface area contributed by atoms with E-state index in [-0.39, 0.29) is 17.7 Å². The molecule has 2 amide bonds. The minimum Gasteiger partial charge on any atom is -0.493 e. The number of hydrogen-bond donors (Lipinski definition) is 1. The van der Waals surface area contributed by atoms with E-state index in [9.17, 15) is 9.59 Å². The molecule has 1 saturated heterocycles. The summed E-state index contributed by atoms with van der Waals surface area (Å²) in [5.41, 5.74) is 1.57. The van der Waals surface area contributed by atoms with E-state index < -0.39 is 0 Å². The second kappa shape index (κ2) is 9.44. The van der Waals surface area contributed by atoms with Gasteiger partial charge in [-0.25, -0.2) is 0 Å². The Balaban J connectivity index is 1.45. The van der Waals surface area contributed by atoms with Crippen molar-refractivity contribution in [2.45, 2.75) is 33.2 Å². The summed E-state index contributed by atoms with van der Waals surface area (Å²) < 4.78 is 10.7. The standard InChI is InChI=1S/C22H28N2O4/c1-16(2)14-28-20-5-3-4-17(12-20)13-23-21(25)18-6-9-24(10-7-18)22(26)19-8-11-27-15-19/h3-5,8,11-12,15-16,18H,6-7,9-10,13-14H2,1-2H3,(H,23,25). The molecule has 0 unspecified atom stereocenters. The maximum Gasteiger partial charge on any atom is 0.257 e. The molecule has 0 saturated carbocycles. The minimum atomic E-state index is -0.0613. The number of nitrogens with one attached hydrogen (secondary N) is 1. The Kier molecular flexibility index (Phi) is 6.74. The summed E-state index contributed by atoms with van der Waals surface area (Å²) in [6, 6.07) is 9.49. The zero-order chi connectivity index (χ0) is 19.9. The quantitative estimate of drug-likeness (QED) is 0.793. The molecule has 1 aromatic heterocycles. The topological polar surface area (TPSA) is 71.8 Å². The lowest BCUT2D eigenvalue weighted by Gasteiger charge is -2.31. The number of benzene rings is 1. The minimum absolute atomic E-state index is 0.0363. The average Bonchev–Trinajstić information content (AvgIpc) is 3.25. The molecule has 0 aliphatic carbocycles. The number of rotatable bonds is 7. The van der Waals surface area contributed by atoms with Gasteiger partial charge in [-0.1, -0.05) is 26.0 Å². The fourth-order valence-electron chi connectivity index (χ4n) is 3.26.